The van der Waals surface area contributed by atoms with Crippen molar-refractivity contribution < 1.29 is 14.3 Å². The maximum Gasteiger partial charge on any atom is 0.254 e. The van der Waals surface area contributed by atoms with Crippen LogP contribution in [0, 0.1) is 0 Å². The molecule has 7 nitrogen and oxygen atoms in total. The van der Waals surface area contributed by atoms with Crippen LogP contribution in [0.5, 0.6) is 0 Å². The van der Waals surface area contributed by atoms with Gasteiger partial charge in [-0.05, 0) is 24.6 Å². The number of morpholine rings is 1. The van der Waals surface area contributed by atoms with E-state index in [1.807, 2.05) is 54.6 Å². The van der Waals surface area contributed by atoms with E-state index < -0.39 is 11.9 Å². The summed E-state index contributed by atoms with van der Waals surface area (Å²) in [6.07, 6.45) is 0. The van der Waals surface area contributed by atoms with E-state index in [1.165, 1.54) is 6.92 Å². The summed E-state index contributed by atoms with van der Waals surface area (Å²) >= 11 is 0. The van der Waals surface area contributed by atoms with Gasteiger partial charge in [0.15, 0.2) is 5.78 Å². The summed E-state index contributed by atoms with van der Waals surface area (Å²) in [6.45, 7) is 4.52. The van der Waals surface area contributed by atoms with Gasteiger partial charge in [0.05, 0.1) is 18.9 Å². The summed E-state index contributed by atoms with van der Waals surface area (Å²) in [7, 11) is 0. The van der Waals surface area contributed by atoms with Gasteiger partial charge in [0.1, 0.15) is 5.69 Å². The number of nitrogens with one attached hydrogen (secondary N) is 1. The summed E-state index contributed by atoms with van der Waals surface area (Å²) in [5, 5.41) is 11.1. The molecule has 1 saturated heterocycles. The minimum absolute atomic E-state index is 0.337. The van der Waals surface area contributed by atoms with E-state index >= 15 is 0 Å². The van der Waals surface area contributed by atoms with Crippen molar-refractivity contribution in [3.8, 4) is 0 Å². The third kappa shape index (κ3) is 5.23. The van der Waals surface area contributed by atoms with Gasteiger partial charge in [-0.25, -0.2) is 0 Å². The summed E-state index contributed by atoms with van der Waals surface area (Å²) in [6, 6.07) is 15.9. The average molecular weight is 380 g/mol. The SMILES string of the molecule is CC(=O)C(N=Nc1ccccc1N1CCOCC1)C(=O)NCc1ccccc1. The average Bonchev–Trinajstić information content (AvgIpc) is 2.74. The highest BCUT2D eigenvalue weighted by molar-refractivity contribution is 6.04. The lowest BCUT2D eigenvalue weighted by Gasteiger charge is -2.29. The first kappa shape index (κ1) is 19.7. The zero-order valence-corrected chi connectivity index (χ0v) is 15.9. The number of hydrogen-bond donors (Lipinski definition) is 1. The lowest BCUT2D eigenvalue weighted by Crippen LogP contribution is -2.37. The maximum absolute atomic E-state index is 12.5. The van der Waals surface area contributed by atoms with Crippen molar-refractivity contribution in [1.82, 2.24) is 5.32 Å². The van der Waals surface area contributed by atoms with Crippen molar-refractivity contribution in [3.05, 3.63) is 60.2 Å². The second-order valence-corrected chi connectivity index (χ2v) is 6.52. The van der Waals surface area contributed by atoms with Crippen molar-refractivity contribution in [2.45, 2.75) is 19.5 Å². The Morgan fingerprint density at radius 1 is 1.07 bits per heavy atom. The normalized spacial score (nSPS) is 15.4. The third-order valence-electron chi connectivity index (χ3n) is 4.46. The number of benzene rings is 2. The Balaban J connectivity index is 1.71. The number of Topliss-reactive ketones (excluding diaryl/α,β-unsaturated/α-hetero) is 1. The number of ketones is 1. The van der Waals surface area contributed by atoms with Crippen molar-refractivity contribution in [3.63, 3.8) is 0 Å². The molecule has 2 aromatic rings. The second kappa shape index (κ2) is 9.75. The molecule has 1 heterocycles. The number of rotatable bonds is 7. The molecular formula is C21H24N4O3. The van der Waals surface area contributed by atoms with Crippen molar-refractivity contribution in [2.24, 2.45) is 10.2 Å². The highest BCUT2D eigenvalue weighted by Crippen LogP contribution is 2.29. The van der Waals surface area contributed by atoms with Gasteiger partial charge in [0, 0.05) is 19.6 Å². The molecule has 28 heavy (non-hydrogen) atoms. The zero-order valence-electron chi connectivity index (χ0n) is 15.9. The molecule has 1 fully saturated rings. The molecule has 2 aromatic carbocycles. The number of azo groups is 1. The standard InChI is InChI=1S/C21H24N4O3/c1-16(26)20(21(27)22-15-17-7-3-2-4-8-17)24-23-18-9-5-6-10-19(18)25-11-13-28-14-12-25/h2-10,20H,11-15H2,1H3,(H,22,27). The molecule has 146 valence electrons. The summed E-state index contributed by atoms with van der Waals surface area (Å²) in [5.74, 6) is -0.804. The van der Waals surface area contributed by atoms with Crippen LogP contribution in [-0.2, 0) is 20.9 Å². The first-order chi connectivity index (χ1) is 13.6. The van der Waals surface area contributed by atoms with Crippen LogP contribution in [0.2, 0.25) is 0 Å². The number of carbonyl (C=O) groups excluding carboxylic acids is 2. The first-order valence-corrected chi connectivity index (χ1v) is 9.30. The van der Waals surface area contributed by atoms with Gasteiger partial charge < -0.3 is 15.0 Å². The highest BCUT2D eigenvalue weighted by Gasteiger charge is 2.23. The Labute approximate surface area is 164 Å². The van der Waals surface area contributed by atoms with E-state index in [0.717, 1.165) is 24.3 Å². The van der Waals surface area contributed by atoms with Crippen molar-refractivity contribution in [1.29, 1.82) is 0 Å². The molecule has 0 aromatic heterocycles. The fraction of sp³-hybridized carbons (Fsp3) is 0.333. The van der Waals surface area contributed by atoms with Crippen LogP contribution in [-0.4, -0.2) is 44.0 Å². The number of nitrogens with zero attached hydrogens (tertiary/aromatic N) is 3. The van der Waals surface area contributed by atoms with Gasteiger partial charge in [-0.2, -0.15) is 10.2 Å². The molecule has 3 rings (SSSR count). The molecule has 0 saturated carbocycles. The predicted molar refractivity (Wildman–Crippen MR) is 107 cm³/mol. The van der Waals surface area contributed by atoms with Crippen LogP contribution < -0.4 is 10.2 Å². The molecule has 0 radical (unpaired) electrons. The van der Waals surface area contributed by atoms with Crippen LogP contribution >= 0.6 is 0 Å². The predicted octanol–water partition coefficient (Wildman–Crippen LogP) is 2.88. The largest absolute Gasteiger partial charge is 0.378 e. The smallest absolute Gasteiger partial charge is 0.254 e. The highest BCUT2D eigenvalue weighted by atomic mass is 16.5. The monoisotopic (exact) mass is 380 g/mol. The van der Waals surface area contributed by atoms with Crippen LogP contribution in [0.1, 0.15) is 12.5 Å². The maximum atomic E-state index is 12.5. The molecule has 7 heteroatoms. The Hall–Kier alpha value is -3.06. The van der Waals surface area contributed by atoms with Crippen LogP contribution in [0.4, 0.5) is 11.4 Å². The summed E-state index contributed by atoms with van der Waals surface area (Å²) in [4.78, 5) is 26.6. The number of amides is 1. The number of para-hydroxylation sites is 1. The lowest BCUT2D eigenvalue weighted by molar-refractivity contribution is -0.129. The molecule has 1 unspecified atom stereocenters. The van der Waals surface area contributed by atoms with E-state index in [0.29, 0.717) is 25.4 Å². The van der Waals surface area contributed by atoms with E-state index in [-0.39, 0.29) is 5.78 Å². The molecule has 0 spiro atoms. The van der Waals surface area contributed by atoms with Gasteiger partial charge in [-0.15, -0.1) is 0 Å². The fourth-order valence-electron chi connectivity index (χ4n) is 2.94. The molecule has 0 bridgehead atoms. The van der Waals surface area contributed by atoms with Gasteiger partial charge in [-0.1, -0.05) is 42.5 Å². The van der Waals surface area contributed by atoms with Crippen LogP contribution in [0.15, 0.2) is 64.8 Å². The first-order valence-electron chi connectivity index (χ1n) is 9.30. The van der Waals surface area contributed by atoms with E-state index in [9.17, 15) is 9.59 Å². The third-order valence-corrected chi connectivity index (χ3v) is 4.46. The molecule has 1 aliphatic rings. The summed E-state index contributed by atoms with van der Waals surface area (Å²) in [5.41, 5.74) is 2.50. The van der Waals surface area contributed by atoms with Gasteiger partial charge in [0.25, 0.3) is 5.91 Å². The number of anilines is 1. The minimum atomic E-state index is -1.17. The van der Waals surface area contributed by atoms with Crippen molar-refractivity contribution in [2.75, 3.05) is 31.2 Å². The molecular weight excluding hydrogens is 356 g/mol. The topological polar surface area (TPSA) is 83.4 Å². The Morgan fingerprint density at radius 3 is 2.46 bits per heavy atom. The quantitative estimate of drug-likeness (QED) is 0.591. The van der Waals surface area contributed by atoms with Crippen molar-refractivity contribution >= 4 is 23.1 Å². The number of ether oxygens (including phenoxy) is 1. The van der Waals surface area contributed by atoms with Gasteiger partial charge in [0.2, 0.25) is 6.04 Å². The fourth-order valence-corrected chi connectivity index (χ4v) is 2.94. The molecule has 1 aliphatic heterocycles. The van der Waals surface area contributed by atoms with Crippen LogP contribution in [0.3, 0.4) is 0 Å². The Bertz CT molecular complexity index is 833. The molecule has 0 aliphatic carbocycles. The molecule has 1 atom stereocenters. The van der Waals surface area contributed by atoms with E-state index in [4.69, 9.17) is 4.74 Å². The second-order valence-electron chi connectivity index (χ2n) is 6.52. The Morgan fingerprint density at radius 2 is 1.75 bits per heavy atom. The molecule has 1 N–H and O–H groups in total. The Kier molecular flexibility index (Phi) is 6.86. The summed E-state index contributed by atoms with van der Waals surface area (Å²) < 4.78 is 5.39. The van der Waals surface area contributed by atoms with E-state index in [1.54, 1.807) is 0 Å². The number of carbonyl (C=O) groups is 2. The van der Waals surface area contributed by atoms with Crippen LogP contribution in [0.25, 0.3) is 0 Å². The van der Waals surface area contributed by atoms with Gasteiger partial charge >= 0.3 is 0 Å². The molecule has 1 amide bonds. The van der Waals surface area contributed by atoms with Gasteiger partial charge in [-0.3, -0.25) is 9.59 Å². The number of hydrogen-bond acceptors (Lipinski definition) is 6. The minimum Gasteiger partial charge on any atom is -0.378 e. The lowest BCUT2D eigenvalue weighted by atomic mass is 10.2. The zero-order chi connectivity index (χ0) is 19.8. The van der Waals surface area contributed by atoms with E-state index in [2.05, 4.69) is 20.4 Å².